The lowest BCUT2D eigenvalue weighted by atomic mass is 10.0. The lowest BCUT2D eigenvalue weighted by Crippen LogP contribution is -2.45. The van der Waals surface area contributed by atoms with Crippen LogP contribution in [0.1, 0.15) is 264 Å². The van der Waals surface area contributed by atoms with E-state index in [9.17, 15) is 19.8 Å². The highest BCUT2D eigenvalue weighted by Gasteiger charge is 2.20. The number of carbonyl (C=O) groups is 2. The molecule has 0 aliphatic rings. The first-order valence-electron chi connectivity index (χ1n) is 25.7. The van der Waals surface area contributed by atoms with Gasteiger partial charge in [-0.1, -0.05) is 211 Å². The van der Waals surface area contributed by atoms with Crippen molar-refractivity contribution in [3.63, 3.8) is 0 Å². The van der Waals surface area contributed by atoms with Crippen LogP contribution in [0.5, 0.6) is 0 Å². The third-order valence-corrected chi connectivity index (χ3v) is 11.7. The van der Waals surface area contributed by atoms with Crippen molar-refractivity contribution in [1.82, 2.24) is 5.32 Å². The van der Waals surface area contributed by atoms with Crippen LogP contribution in [0.25, 0.3) is 0 Å². The van der Waals surface area contributed by atoms with E-state index in [-0.39, 0.29) is 18.5 Å². The van der Waals surface area contributed by atoms with Crippen LogP contribution in [0.4, 0.5) is 0 Å². The number of amides is 1. The van der Waals surface area contributed by atoms with Crippen LogP contribution in [0.15, 0.2) is 36.5 Å². The summed E-state index contributed by atoms with van der Waals surface area (Å²) in [6, 6.07) is -0.581. The molecule has 0 radical (unpaired) electrons. The fourth-order valence-corrected chi connectivity index (χ4v) is 7.67. The normalized spacial score (nSPS) is 12.9. The number of carbonyl (C=O) groups excluding carboxylic acids is 2. The first-order chi connectivity index (χ1) is 29.0. The Morgan fingerprint density at radius 1 is 0.475 bits per heavy atom. The Morgan fingerprint density at radius 3 is 1.37 bits per heavy atom. The number of aliphatic hydroxyl groups excluding tert-OH is 2. The summed E-state index contributed by atoms with van der Waals surface area (Å²) >= 11 is 0. The summed E-state index contributed by atoms with van der Waals surface area (Å²) in [7, 11) is 0. The molecule has 346 valence electrons. The molecule has 59 heavy (non-hydrogen) atoms. The van der Waals surface area contributed by atoms with Gasteiger partial charge in [0.25, 0.3) is 0 Å². The second kappa shape index (κ2) is 48.7. The molecule has 0 saturated carbocycles. The molecular formula is C53H99NO5. The Kier molecular flexibility index (Phi) is 47.2. The van der Waals surface area contributed by atoms with Crippen molar-refractivity contribution in [2.24, 2.45) is 0 Å². The van der Waals surface area contributed by atoms with E-state index in [4.69, 9.17) is 4.74 Å². The molecule has 0 aliphatic heterocycles. The summed E-state index contributed by atoms with van der Waals surface area (Å²) in [5.41, 5.74) is 0. The lowest BCUT2D eigenvalue weighted by molar-refractivity contribution is -0.143. The number of rotatable bonds is 47. The highest BCUT2D eigenvalue weighted by molar-refractivity contribution is 5.76. The molecule has 0 bridgehead atoms. The average molecular weight is 830 g/mol. The lowest BCUT2D eigenvalue weighted by Gasteiger charge is -2.22. The first-order valence-corrected chi connectivity index (χ1v) is 25.7. The smallest absolute Gasteiger partial charge is 0.305 e. The van der Waals surface area contributed by atoms with Gasteiger partial charge in [-0.25, -0.2) is 0 Å². The molecule has 0 saturated heterocycles. The maximum absolute atomic E-state index is 12.4. The summed E-state index contributed by atoms with van der Waals surface area (Å²) in [6.07, 6.45) is 58.3. The minimum Gasteiger partial charge on any atom is -0.466 e. The van der Waals surface area contributed by atoms with Gasteiger partial charge in [-0.05, 0) is 77.0 Å². The Labute approximate surface area is 366 Å². The Morgan fingerprint density at radius 2 is 0.864 bits per heavy atom. The molecule has 0 rings (SSSR count). The minimum atomic E-state index is -0.697. The zero-order chi connectivity index (χ0) is 43.0. The van der Waals surface area contributed by atoms with Gasteiger partial charge in [0, 0.05) is 12.8 Å². The highest BCUT2D eigenvalue weighted by atomic mass is 16.5. The number of unbranched alkanes of at least 4 members (excludes halogenated alkanes) is 30. The number of nitrogens with one attached hydrogen (secondary N) is 1. The van der Waals surface area contributed by atoms with Crippen molar-refractivity contribution in [2.45, 2.75) is 276 Å². The topological polar surface area (TPSA) is 95.9 Å². The molecule has 3 N–H and O–H groups in total. The molecule has 0 heterocycles. The van der Waals surface area contributed by atoms with Gasteiger partial charge in [-0.2, -0.15) is 0 Å². The SMILES string of the molecule is CCCCC/C=C\C/C=C\CCCCCCCC(=O)OCCCCCC/C=C\CCCC(=O)NC(CO)C(O)CCCCCCCCCCCCCCCCCCCC. The van der Waals surface area contributed by atoms with Crippen LogP contribution in [-0.4, -0.2) is 47.4 Å². The van der Waals surface area contributed by atoms with Crippen molar-refractivity contribution in [2.75, 3.05) is 13.2 Å². The van der Waals surface area contributed by atoms with Gasteiger partial charge in [-0.3, -0.25) is 9.59 Å². The van der Waals surface area contributed by atoms with Crippen molar-refractivity contribution in [1.29, 1.82) is 0 Å². The summed E-state index contributed by atoms with van der Waals surface area (Å²) < 4.78 is 5.43. The fourth-order valence-electron chi connectivity index (χ4n) is 7.67. The predicted molar refractivity (Wildman–Crippen MR) is 255 cm³/mol. The van der Waals surface area contributed by atoms with Gasteiger partial charge in [0.15, 0.2) is 0 Å². The second-order valence-corrected chi connectivity index (χ2v) is 17.5. The largest absolute Gasteiger partial charge is 0.466 e. The van der Waals surface area contributed by atoms with Gasteiger partial charge >= 0.3 is 5.97 Å². The van der Waals surface area contributed by atoms with Gasteiger partial charge < -0.3 is 20.3 Å². The minimum absolute atomic E-state index is 0.0498. The molecule has 2 unspecified atom stereocenters. The Hall–Kier alpha value is -1.92. The Balaban J connectivity index is 3.56. The number of hydrogen-bond donors (Lipinski definition) is 3. The van der Waals surface area contributed by atoms with Crippen molar-refractivity contribution < 1.29 is 24.5 Å². The average Bonchev–Trinajstić information content (AvgIpc) is 3.24. The molecule has 0 aromatic rings. The number of esters is 1. The van der Waals surface area contributed by atoms with E-state index in [2.05, 4.69) is 55.6 Å². The molecule has 6 nitrogen and oxygen atoms in total. The molecule has 6 heteroatoms. The first kappa shape index (κ1) is 57.1. The molecule has 0 fully saturated rings. The van der Waals surface area contributed by atoms with Gasteiger partial charge in [0.1, 0.15) is 0 Å². The van der Waals surface area contributed by atoms with Crippen LogP contribution in [-0.2, 0) is 14.3 Å². The van der Waals surface area contributed by atoms with E-state index in [0.29, 0.717) is 25.9 Å². The fraction of sp³-hybridized carbons (Fsp3) is 0.849. The van der Waals surface area contributed by atoms with Gasteiger partial charge in [0.05, 0.1) is 25.4 Å². The predicted octanol–water partition coefficient (Wildman–Crippen LogP) is 15.3. The van der Waals surface area contributed by atoms with Crippen LogP contribution in [0.3, 0.4) is 0 Å². The van der Waals surface area contributed by atoms with E-state index < -0.39 is 12.1 Å². The third-order valence-electron chi connectivity index (χ3n) is 11.7. The van der Waals surface area contributed by atoms with E-state index in [1.807, 2.05) is 0 Å². The molecule has 0 aliphatic carbocycles. The number of hydrogen-bond acceptors (Lipinski definition) is 5. The molecule has 2 atom stereocenters. The van der Waals surface area contributed by atoms with E-state index in [0.717, 1.165) is 83.5 Å². The quantitative estimate of drug-likeness (QED) is 0.0323. The summed E-state index contributed by atoms with van der Waals surface area (Å²) in [5.74, 6) is -0.146. The third kappa shape index (κ3) is 45.4. The van der Waals surface area contributed by atoms with Crippen molar-refractivity contribution in [3.05, 3.63) is 36.5 Å². The van der Waals surface area contributed by atoms with Crippen molar-refractivity contribution in [3.8, 4) is 0 Å². The zero-order valence-electron chi connectivity index (χ0n) is 39.2. The van der Waals surface area contributed by atoms with E-state index >= 15 is 0 Å². The molecule has 0 spiro atoms. The highest BCUT2D eigenvalue weighted by Crippen LogP contribution is 2.16. The van der Waals surface area contributed by atoms with Crippen LogP contribution < -0.4 is 5.32 Å². The van der Waals surface area contributed by atoms with Gasteiger partial charge in [0.2, 0.25) is 5.91 Å². The summed E-state index contributed by atoms with van der Waals surface area (Å²) in [4.78, 5) is 24.5. The summed E-state index contributed by atoms with van der Waals surface area (Å²) in [5, 5.41) is 23.2. The Bertz CT molecular complexity index is 962. The second-order valence-electron chi connectivity index (χ2n) is 17.5. The maximum Gasteiger partial charge on any atom is 0.305 e. The van der Waals surface area contributed by atoms with Crippen molar-refractivity contribution >= 4 is 11.9 Å². The maximum atomic E-state index is 12.4. The van der Waals surface area contributed by atoms with Crippen LogP contribution in [0, 0.1) is 0 Å². The molecular weight excluding hydrogens is 731 g/mol. The number of ether oxygens (including phenoxy) is 1. The van der Waals surface area contributed by atoms with E-state index in [1.54, 1.807) is 0 Å². The van der Waals surface area contributed by atoms with Crippen LogP contribution >= 0.6 is 0 Å². The monoisotopic (exact) mass is 830 g/mol. The summed E-state index contributed by atoms with van der Waals surface area (Å²) in [6.45, 7) is 4.83. The van der Waals surface area contributed by atoms with Gasteiger partial charge in [-0.15, -0.1) is 0 Å². The number of aliphatic hydroxyl groups is 2. The standard InChI is InChI=1S/C53H99NO5/c1-3-5-7-9-11-13-15-17-19-20-21-23-24-26-29-33-37-41-45-51(56)50(49-55)54-52(57)46-42-38-34-30-28-32-36-40-44-48-59-53(58)47-43-39-35-31-27-25-22-18-16-14-12-10-8-6-4-2/h12,14,18,22,30,34,50-51,55-56H,3-11,13,15-17,19-21,23-29,31-33,35-49H2,1-2H3,(H,54,57)/b14-12-,22-18-,34-30-. The molecule has 0 aromatic carbocycles. The molecule has 1 amide bonds. The van der Waals surface area contributed by atoms with E-state index in [1.165, 1.54) is 148 Å². The number of allylic oxidation sites excluding steroid dienone is 6. The van der Waals surface area contributed by atoms with Crippen LogP contribution in [0.2, 0.25) is 0 Å². The zero-order valence-corrected chi connectivity index (χ0v) is 39.2. The molecule has 0 aromatic heterocycles.